The van der Waals surface area contributed by atoms with Gasteiger partial charge in [0.1, 0.15) is 12.2 Å². The van der Waals surface area contributed by atoms with Gasteiger partial charge in [-0.15, -0.1) is 0 Å². The van der Waals surface area contributed by atoms with E-state index in [1.54, 1.807) is 0 Å². The minimum atomic E-state index is -1.16. The van der Waals surface area contributed by atoms with Gasteiger partial charge in [-0.2, -0.15) is 0 Å². The van der Waals surface area contributed by atoms with Crippen molar-refractivity contribution in [2.45, 2.75) is 12.5 Å². The summed E-state index contributed by atoms with van der Waals surface area (Å²) in [6.45, 7) is 0. The number of carbonyl (C=O) groups is 1. The minimum Gasteiger partial charge on any atom is -0.480 e. The summed E-state index contributed by atoms with van der Waals surface area (Å²) in [5, 5.41) is 19.0. The number of carboxylic acid groups (broad SMARTS) is 1. The number of aliphatic carboxylic acids is 1. The first-order valence-electron chi connectivity index (χ1n) is 4.07. The van der Waals surface area contributed by atoms with Gasteiger partial charge in [0.25, 0.3) is 0 Å². The number of nitrogens with two attached hydrogens (primary N) is 1. The third-order valence-electron chi connectivity index (χ3n) is 1.81. The van der Waals surface area contributed by atoms with Crippen LogP contribution >= 0.6 is 0 Å². The van der Waals surface area contributed by atoms with Gasteiger partial charge in [0.2, 0.25) is 0 Å². The number of rotatable bonds is 4. The molecule has 0 radical (unpaired) electrons. The van der Waals surface area contributed by atoms with E-state index < -0.39 is 16.9 Å². The first-order chi connectivity index (χ1) is 6.91. The van der Waals surface area contributed by atoms with E-state index in [0.717, 1.165) is 0 Å². The number of nitrogens with zero attached hydrogens (tertiary/aromatic N) is 3. The molecule has 1 aromatic rings. The molecule has 1 aromatic heterocycles. The monoisotopic (exact) mass is 232 g/mol. The average Bonchev–Trinajstić information content (AvgIpc) is 2.46. The molecule has 1 rings (SSSR count). The van der Waals surface area contributed by atoms with E-state index in [1.165, 1.54) is 17.8 Å². The molecular formula is C7H12N4O5. The maximum absolute atomic E-state index is 10.4. The summed E-state index contributed by atoms with van der Waals surface area (Å²) in [5.74, 6) is -1.49. The molecule has 9 heteroatoms. The Morgan fingerprint density at radius 2 is 2.38 bits per heavy atom. The van der Waals surface area contributed by atoms with Crippen LogP contribution in [0, 0.1) is 10.1 Å². The summed E-state index contributed by atoms with van der Waals surface area (Å²) in [4.78, 5) is 23.9. The molecule has 1 heterocycles. The summed E-state index contributed by atoms with van der Waals surface area (Å²) in [6, 6.07) is -1.10. The normalized spacial score (nSPS) is 11.6. The van der Waals surface area contributed by atoms with Crippen LogP contribution < -0.4 is 5.73 Å². The Balaban J connectivity index is 0.00000225. The lowest BCUT2D eigenvalue weighted by Crippen LogP contribution is -2.32. The lowest BCUT2D eigenvalue weighted by molar-refractivity contribution is -0.396. The Bertz CT molecular complexity index is 401. The van der Waals surface area contributed by atoms with Gasteiger partial charge in [-0.3, -0.25) is 4.79 Å². The van der Waals surface area contributed by atoms with Crippen molar-refractivity contribution in [3.63, 3.8) is 0 Å². The van der Waals surface area contributed by atoms with E-state index in [4.69, 9.17) is 10.8 Å². The Morgan fingerprint density at radius 1 is 1.81 bits per heavy atom. The maximum Gasteiger partial charge on any atom is 0.434 e. The first kappa shape index (κ1) is 14.0. The van der Waals surface area contributed by atoms with Crippen LogP contribution in [0.2, 0.25) is 0 Å². The van der Waals surface area contributed by atoms with Crippen molar-refractivity contribution in [2.24, 2.45) is 12.8 Å². The van der Waals surface area contributed by atoms with Gasteiger partial charge in [0.05, 0.1) is 7.05 Å². The van der Waals surface area contributed by atoms with E-state index in [-0.39, 0.29) is 17.8 Å². The molecule has 1 unspecified atom stereocenters. The second-order valence-corrected chi connectivity index (χ2v) is 3.05. The minimum absolute atomic E-state index is 0. The highest BCUT2D eigenvalue weighted by atomic mass is 16.6. The van der Waals surface area contributed by atoms with E-state index in [0.29, 0.717) is 5.69 Å². The van der Waals surface area contributed by atoms with Crippen molar-refractivity contribution < 1.29 is 20.3 Å². The molecule has 1 atom stereocenters. The first-order valence-corrected chi connectivity index (χ1v) is 4.07. The molecule has 0 bridgehead atoms. The number of hydrogen-bond donors (Lipinski definition) is 2. The molecule has 90 valence electrons. The Morgan fingerprint density at radius 3 is 2.75 bits per heavy atom. The van der Waals surface area contributed by atoms with Crippen molar-refractivity contribution in [1.29, 1.82) is 0 Å². The van der Waals surface area contributed by atoms with Crippen LogP contribution in [-0.4, -0.2) is 37.1 Å². The third-order valence-corrected chi connectivity index (χ3v) is 1.81. The van der Waals surface area contributed by atoms with Crippen molar-refractivity contribution in [3.8, 4) is 0 Å². The molecule has 0 saturated heterocycles. The zero-order chi connectivity index (χ0) is 11.6. The number of hydrogen-bond acceptors (Lipinski definition) is 5. The fourth-order valence-corrected chi connectivity index (χ4v) is 1.10. The lowest BCUT2D eigenvalue weighted by atomic mass is 10.2. The van der Waals surface area contributed by atoms with Crippen LogP contribution in [0.4, 0.5) is 5.95 Å². The van der Waals surface area contributed by atoms with E-state index in [2.05, 4.69) is 4.98 Å². The van der Waals surface area contributed by atoms with E-state index >= 15 is 0 Å². The average molecular weight is 232 g/mol. The van der Waals surface area contributed by atoms with Crippen LogP contribution in [0.3, 0.4) is 0 Å². The largest absolute Gasteiger partial charge is 0.480 e. The Kier molecular flexibility index (Phi) is 4.54. The smallest absolute Gasteiger partial charge is 0.434 e. The number of carboxylic acids is 1. The quantitative estimate of drug-likeness (QED) is 0.473. The van der Waals surface area contributed by atoms with Gasteiger partial charge >= 0.3 is 11.9 Å². The molecule has 0 aliphatic heterocycles. The SMILES string of the molecule is Cn1cc(CC(N)C(=O)O)nc1[N+](=O)[O-].O. The zero-order valence-corrected chi connectivity index (χ0v) is 8.45. The van der Waals surface area contributed by atoms with Gasteiger partial charge in [-0.25, -0.2) is 4.57 Å². The van der Waals surface area contributed by atoms with Crippen LogP contribution in [0.25, 0.3) is 0 Å². The summed E-state index contributed by atoms with van der Waals surface area (Å²) in [6.07, 6.45) is 1.36. The number of nitro groups is 1. The van der Waals surface area contributed by atoms with Crippen molar-refractivity contribution in [1.82, 2.24) is 9.55 Å². The predicted octanol–water partition coefficient (Wildman–Crippen LogP) is -1.54. The molecule has 0 fully saturated rings. The highest BCUT2D eigenvalue weighted by Gasteiger charge is 2.21. The molecule has 0 amide bonds. The highest BCUT2D eigenvalue weighted by Crippen LogP contribution is 2.10. The molecule has 0 aliphatic rings. The maximum atomic E-state index is 10.4. The topological polar surface area (TPSA) is 156 Å². The molecule has 5 N–H and O–H groups in total. The second-order valence-electron chi connectivity index (χ2n) is 3.05. The molecule has 0 spiro atoms. The van der Waals surface area contributed by atoms with Crippen molar-refractivity contribution in [2.75, 3.05) is 0 Å². The summed E-state index contributed by atoms with van der Waals surface area (Å²) in [7, 11) is 1.46. The van der Waals surface area contributed by atoms with Crippen LogP contribution in [0.5, 0.6) is 0 Å². The number of aromatic nitrogens is 2. The summed E-state index contributed by atoms with van der Waals surface area (Å²) in [5.41, 5.74) is 5.56. The van der Waals surface area contributed by atoms with Crippen molar-refractivity contribution >= 4 is 11.9 Å². The fraction of sp³-hybridized carbons (Fsp3) is 0.429. The summed E-state index contributed by atoms with van der Waals surface area (Å²) < 4.78 is 1.21. The van der Waals surface area contributed by atoms with Gasteiger partial charge in [0, 0.05) is 6.42 Å². The Labute approximate surface area is 90.0 Å². The van der Waals surface area contributed by atoms with E-state index in [9.17, 15) is 14.9 Å². The van der Waals surface area contributed by atoms with Crippen LogP contribution in [0.15, 0.2) is 6.20 Å². The van der Waals surface area contributed by atoms with Gasteiger partial charge in [-0.05, 0) is 4.92 Å². The fourth-order valence-electron chi connectivity index (χ4n) is 1.10. The third kappa shape index (κ3) is 3.00. The molecular weight excluding hydrogens is 220 g/mol. The Hall–Kier alpha value is -2.00. The molecule has 9 nitrogen and oxygen atoms in total. The number of imidazole rings is 1. The molecule has 0 aromatic carbocycles. The summed E-state index contributed by atoms with van der Waals surface area (Å²) >= 11 is 0. The predicted molar refractivity (Wildman–Crippen MR) is 52.8 cm³/mol. The van der Waals surface area contributed by atoms with Gasteiger partial charge < -0.3 is 26.4 Å². The zero-order valence-electron chi connectivity index (χ0n) is 8.45. The number of aryl methyl sites for hydroxylation is 1. The molecule has 0 aliphatic carbocycles. The van der Waals surface area contributed by atoms with Gasteiger partial charge in [0.15, 0.2) is 5.69 Å². The molecule has 0 saturated carbocycles. The molecule has 16 heavy (non-hydrogen) atoms. The van der Waals surface area contributed by atoms with Gasteiger partial charge in [-0.1, -0.05) is 4.98 Å². The second kappa shape index (κ2) is 5.19. The van der Waals surface area contributed by atoms with E-state index in [1.807, 2.05) is 0 Å². The lowest BCUT2D eigenvalue weighted by Gasteiger charge is -1.99. The standard InChI is InChI=1S/C7H10N4O4.H2O/c1-10-3-4(2-5(8)6(12)13)9-7(10)11(14)15;/h3,5H,2,8H2,1H3,(H,12,13);1H2. The van der Waals surface area contributed by atoms with Crippen LogP contribution in [0.1, 0.15) is 5.69 Å². The van der Waals surface area contributed by atoms with Crippen molar-refractivity contribution in [3.05, 3.63) is 22.0 Å². The highest BCUT2D eigenvalue weighted by molar-refractivity contribution is 5.73. The van der Waals surface area contributed by atoms with Crippen LogP contribution in [-0.2, 0) is 18.3 Å².